The molecule has 1 saturated heterocycles. The van der Waals surface area contributed by atoms with Crippen LogP contribution in [0.5, 0.6) is 0 Å². The van der Waals surface area contributed by atoms with Gasteiger partial charge in [-0.15, -0.1) is 24.0 Å². The molecule has 3 rings (SSSR count). The number of nitrogens with one attached hydrogen (secondary N) is 2. The zero-order valence-electron chi connectivity index (χ0n) is 17.6. The van der Waals surface area contributed by atoms with Crippen molar-refractivity contribution in [3.63, 3.8) is 0 Å². The van der Waals surface area contributed by atoms with Gasteiger partial charge in [0.1, 0.15) is 5.60 Å². The van der Waals surface area contributed by atoms with Crippen LogP contribution in [0, 0.1) is 0 Å². The third-order valence-corrected chi connectivity index (χ3v) is 4.68. The molecule has 7 nitrogen and oxygen atoms in total. The van der Waals surface area contributed by atoms with Gasteiger partial charge in [0.2, 0.25) is 0 Å². The summed E-state index contributed by atoms with van der Waals surface area (Å²) in [5, 5.41) is 6.68. The Kier molecular flexibility index (Phi) is 8.18. The normalized spacial score (nSPS) is 16.9. The van der Waals surface area contributed by atoms with Crippen molar-refractivity contribution in [1.82, 2.24) is 15.5 Å². The van der Waals surface area contributed by atoms with Crippen molar-refractivity contribution < 1.29 is 9.53 Å². The van der Waals surface area contributed by atoms with Crippen LogP contribution in [0.1, 0.15) is 26.3 Å². The van der Waals surface area contributed by atoms with Gasteiger partial charge in [-0.2, -0.15) is 0 Å². The molecular formula is C21H32IN5O2. The van der Waals surface area contributed by atoms with E-state index in [2.05, 4.69) is 56.9 Å². The van der Waals surface area contributed by atoms with Crippen LogP contribution in [0.25, 0.3) is 0 Å². The fourth-order valence-corrected chi connectivity index (χ4v) is 3.13. The van der Waals surface area contributed by atoms with E-state index in [-0.39, 0.29) is 36.1 Å². The van der Waals surface area contributed by atoms with Gasteiger partial charge in [-0.1, -0.05) is 24.3 Å². The van der Waals surface area contributed by atoms with Gasteiger partial charge in [-0.25, -0.2) is 4.79 Å². The van der Waals surface area contributed by atoms with Crippen LogP contribution in [0.2, 0.25) is 0 Å². The van der Waals surface area contributed by atoms with Crippen LogP contribution >= 0.6 is 24.0 Å². The number of carbonyl (C=O) groups is 1. The third kappa shape index (κ3) is 6.80. The highest BCUT2D eigenvalue weighted by molar-refractivity contribution is 14.0. The van der Waals surface area contributed by atoms with Gasteiger partial charge >= 0.3 is 6.09 Å². The average Bonchev–Trinajstić information content (AvgIpc) is 3.13. The summed E-state index contributed by atoms with van der Waals surface area (Å²) in [4.78, 5) is 20.3. The number of benzene rings is 1. The smallest absolute Gasteiger partial charge is 0.410 e. The summed E-state index contributed by atoms with van der Waals surface area (Å²) >= 11 is 0. The Labute approximate surface area is 190 Å². The highest BCUT2D eigenvalue weighted by Crippen LogP contribution is 2.18. The lowest BCUT2D eigenvalue weighted by atomic mass is 10.1. The number of halogens is 1. The summed E-state index contributed by atoms with van der Waals surface area (Å²) in [6.07, 6.45) is 4.12. The van der Waals surface area contributed by atoms with Crippen molar-refractivity contribution >= 4 is 41.7 Å². The lowest BCUT2D eigenvalue weighted by Gasteiger charge is -2.40. The third-order valence-electron chi connectivity index (χ3n) is 4.68. The molecule has 8 heteroatoms. The first-order valence-electron chi connectivity index (χ1n) is 9.78. The monoisotopic (exact) mass is 513 g/mol. The first-order valence-corrected chi connectivity index (χ1v) is 9.78. The molecule has 160 valence electrons. The van der Waals surface area contributed by atoms with Crippen LogP contribution in [0.4, 0.5) is 10.5 Å². The molecule has 2 heterocycles. The molecule has 1 aromatic carbocycles. The fourth-order valence-electron chi connectivity index (χ4n) is 3.13. The van der Waals surface area contributed by atoms with E-state index in [1.165, 1.54) is 11.3 Å². The van der Waals surface area contributed by atoms with E-state index in [1.54, 1.807) is 11.9 Å². The van der Waals surface area contributed by atoms with E-state index in [1.807, 2.05) is 20.8 Å². The highest BCUT2D eigenvalue weighted by atomic mass is 127. The molecule has 0 aromatic heterocycles. The number of aliphatic imine (C=N–C) groups is 1. The number of nitrogens with zero attached hydrogens (tertiary/aromatic N) is 3. The molecule has 0 aliphatic carbocycles. The zero-order chi connectivity index (χ0) is 20.1. The van der Waals surface area contributed by atoms with E-state index in [0.717, 1.165) is 19.0 Å². The Hall–Kier alpha value is -1.97. The van der Waals surface area contributed by atoms with Gasteiger partial charge in [0, 0.05) is 45.5 Å². The molecule has 0 radical (unpaired) electrons. The van der Waals surface area contributed by atoms with Crippen LogP contribution in [0.15, 0.2) is 41.4 Å². The largest absolute Gasteiger partial charge is 0.444 e. The van der Waals surface area contributed by atoms with Crippen LogP contribution in [-0.4, -0.2) is 61.8 Å². The number of hydrogen-bond donors (Lipinski definition) is 2. The molecule has 0 spiro atoms. The van der Waals surface area contributed by atoms with Gasteiger partial charge in [-0.3, -0.25) is 4.99 Å². The number of carbonyl (C=O) groups excluding carboxylic acids is 1. The molecule has 0 bridgehead atoms. The summed E-state index contributed by atoms with van der Waals surface area (Å²) in [5.74, 6) is 0.738. The van der Waals surface area contributed by atoms with Crippen molar-refractivity contribution in [3.8, 4) is 0 Å². The molecule has 2 aliphatic heterocycles. The van der Waals surface area contributed by atoms with Gasteiger partial charge in [0.15, 0.2) is 5.96 Å². The Morgan fingerprint density at radius 1 is 1.17 bits per heavy atom. The van der Waals surface area contributed by atoms with Crippen molar-refractivity contribution in [2.24, 2.45) is 4.99 Å². The first-order chi connectivity index (χ1) is 13.3. The second-order valence-corrected chi connectivity index (χ2v) is 8.20. The summed E-state index contributed by atoms with van der Waals surface area (Å²) in [6, 6.07) is 8.78. The maximum Gasteiger partial charge on any atom is 0.410 e. The number of hydrogen-bond acceptors (Lipinski definition) is 4. The minimum atomic E-state index is -0.464. The molecule has 0 unspecified atom stereocenters. The molecular weight excluding hydrogens is 481 g/mol. The lowest BCUT2D eigenvalue weighted by Crippen LogP contribution is -2.63. The predicted molar refractivity (Wildman–Crippen MR) is 128 cm³/mol. The van der Waals surface area contributed by atoms with Gasteiger partial charge < -0.3 is 25.2 Å². The number of ether oxygens (including phenoxy) is 1. The molecule has 0 atom stereocenters. The molecule has 29 heavy (non-hydrogen) atoms. The number of guanidine groups is 1. The van der Waals surface area contributed by atoms with Gasteiger partial charge in [0.25, 0.3) is 0 Å². The minimum Gasteiger partial charge on any atom is -0.444 e. The maximum absolute atomic E-state index is 12.0. The molecule has 0 saturated carbocycles. The van der Waals surface area contributed by atoms with Crippen molar-refractivity contribution in [3.05, 3.63) is 42.0 Å². The van der Waals surface area contributed by atoms with E-state index >= 15 is 0 Å². The Morgan fingerprint density at radius 2 is 1.79 bits per heavy atom. The van der Waals surface area contributed by atoms with Gasteiger partial charge in [-0.05, 0) is 38.5 Å². The Morgan fingerprint density at radius 3 is 2.34 bits per heavy atom. The van der Waals surface area contributed by atoms with E-state index < -0.39 is 5.60 Å². The lowest BCUT2D eigenvalue weighted by molar-refractivity contribution is 0.00701. The first kappa shape index (κ1) is 23.3. The Bertz CT molecular complexity index is 728. The summed E-state index contributed by atoms with van der Waals surface area (Å²) in [7, 11) is 1.75. The van der Waals surface area contributed by atoms with Crippen molar-refractivity contribution in [2.75, 3.05) is 38.1 Å². The number of rotatable bonds is 4. The SMILES string of the molecule is CN=C(NCc1ccc(N2CC=CC2)cc1)NC1CN(C(=O)OC(C)(C)C)C1.I. The zero-order valence-corrected chi connectivity index (χ0v) is 20.0. The number of amides is 1. The van der Waals surface area contributed by atoms with Crippen molar-refractivity contribution in [1.29, 1.82) is 0 Å². The summed E-state index contributed by atoms with van der Waals surface area (Å²) < 4.78 is 5.38. The quantitative estimate of drug-likeness (QED) is 0.281. The number of anilines is 1. The topological polar surface area (TPSA) is 69.2 Å². The summed E-state index contributed by atoms with van der Waals surface area (Å²) in [6.45, 7) is 9.52. The standard InChI is InChI=1S/C21H31N5O2.HI/c1-21(2,3)28-20(27)26-14-17(15-26)24-19(22-4)23-13-16-7-9-18(10-8-16)25-11-5-6-12-25;/h5-10,17H,11-15H2,1-4H3,(H2,22,23,24);1H. The highest BCUT2D eigenvalue weighted by Gasteiger charge is 2.34. The van der Waals surface area contributed by atoms with Crippen molar-refractivity contribution in [2.45, 2.75) is 39.0 Å². The van der Waals surface area contributed by atoms with E-state index in [9.17, 15) is 4.79 Å². The molecule has 1 amide bonds. The van der Waals surface area contributed by atoms with Crippen LogP contribution in [-0.2, 0) is 11.3 Å². The minimum absolute atomic E-state index is 0. The average molecular weight is 513 g/mol. The van der Waals surface area contributed by atoms with E-state index in [4.69, 9.17) is 4.74 Å². The molecule has 2 aliphatic rings. The molecule has 1 aromatic rings. The molecule has 2 N–H and O–H groups in total. The predicted octanol–water partition coefficient (Wildman–Crippen LogP) is 2.97. The van der Waals surface area contributed by atoms with Crippen LogP contribution < -0.4 is 15.5 Å². The van der Waals surface area contributed by atoms with Gasteiger partial charge in [0.05, 0.1) is 6.04 Å². The van der Waals surface area contributed by atoms with Crippen LogP contribution in [0.3, 0.4) is 0 Å². The summed E-state index contributed by atoms with van der Waals surface area (Å²) in [5.41, 5.74) is 1.98. The fraction of sp³-hybridized carbons (Fsp3) is 0.524. The maximum atomic E-state index is 12.0. The number of likely N-dealkylation sites (tertiary alicyclic amines) is 1. The second-order valence-electron chi connectivity index (χ2n) is 8.20. The Balaban J connectivity index is 0.00000300. The second kappa shape index (κ2) is 10.2. The van der Waals surface area contributed by atoms with E-state index in [0.29, 0.717) is 19.6 Å². The molecule has 1 fully saturated rings.